The number of sulfonamides is 1. The van der Waals surface area contributed by atoms with Crippen molar-refractivity contribution < 1.29 is 28.2 Å². The molecule has 0 spiro atoms. The molecule has 118 valence electrons. The molecule has 1 aromatic carbocycles. The monoisotopic (exact) mass is 317 g/mol. The van der Waals surface area contributed by atoms with E-state index in [0.29, 0.717) is 0 Å². The number of carbonyl (C=O) groups excluding carboxylic acids is 1. The van der Waals surface area contributed by atoms with Gasteiger partial charge in [-0.3, -0.25) is 0 Å². The second-order valence-electron chi connectivity index (χ2n) is 4.73. The molecule has 1 rings (SSSR count). The summed E-state index contributed by atoms with van der Waals surface area (Å²) in [5.74, 6) is -1.12. The van der Waals surface area contributed by atoms with Gasteiger partial charge in [-0.05, 0) is 26.0 Å². The van der Waals surface area contributed by atoms with Crippen LogP contribution in [0.3, 0.4) is 0 Å². The minimum absolute atomic E-state index is 0.00842. The van der Waals surface area contributed by atoms with Crippen molar-refractivity contribution in [2.75, 3.05) is 13.7 Å². The number of ether oxygens (including phenoxy) is 1. The van der Waals surface area contributed by atoms with E-state index in [1.807, 2.05) is 6.92 Å². The highest BCUT2D eigenvalue weighted by Gasteiger charge is 2.43. The first-order valence-corrected chi connectivity index (χ1v) is 7.67. The molecule has 0 aliphatic carbocycles. The fourth-order valence-electron chi connectivity index (χ4n) is 1.57. The zero-order chi connectivity index (χ0) is 16.3. The first-order chi connectivity index (χ1) is 9.63. The number of methoxy groups -OCH3 is 1. The Bertz CT molecular complexity index is 596. The average Bonchev–Trinajstić information content (AvgIpc) is 2.44. The first-order valence-electron chi connectivity index (χ1n) is 6.18. The Morgan fingerprint density at radius 1 is 1.38 bits per heavy atom. The van der Waals surface area contributed by atoms with E-state index in [1.165, 1.54) is 12.1 Å². The van der Waals surface area contributed by atoms with Crippen LogP contribution < -0.4 is 4.72 Å². The highest BCUT2D eigenvalue weighted by atomic mass is 32.2. The standard InChI is InChI=1S/C13H19NO6S/c1-9-4-6-11(7-5-9)21(18,19)14-8-13(17,10(2)15)12(16)20-3/h4-7,10,14-15,17H,8H2,1-3H3/t10-,13+/m0/s1. The van der Waals surface area contributed by atoms with E-state index in [1.54, 1.807) is 12.1 Å². The molecule has 7 nitrogen and oxygen atoms in total. The topological polar surface area (TPSA) is 113 Å². The van der Waals surface area contributed by atoms with Crippen molar-refractivity contribution in [2.45, 2.75) is 30.4 Å². The molecule has 1 aromatic rings. The summed E-state index contributed by atoms with van der Waals surface area (Å²) in [6.07, 6.45) is -1.51. The smallest absolute Gasteiger partial charge is 0.342 e. The van der Waals surface area contributed by atoms with Gasteiger partial charge < -0.3 is 14.9 Å². The van der Waals surface area contributed by atoms with Crippen LogP contribution >= 0.6 is 0 Å². The minimum atomic E-state index is -3.91. The van der Waals surface area contributed by atoms with Crippen LogP contribution in [0.5, 0.6) is 0 Å². The lowest BCUT2D eigenvalue weighted by molar-refractivity contribution is -0.172. The Hall–Kier alpha value is -1.48. The third-order valence-electron chi connectivity index (χ3n) is 3.09. The Morgan fingerprint density at radius 3 is 2.33 bits per heavy atom. The molecule has 0 aromatic heterocycles. The van der Waals surface area contributed by atoms with Gasteiger partial charge in [0, 0.05) is 0 Å². The molecule has 0 heterocycles. The second kappa shape index (κ2) is 6.52. The van der Waals surface area contributed by atoms with Gasteiger partial charge in [0.15, 0.2) is 0 Å². The van der Waals surface area contributed by atoms with Gasteiger partial charge in [-0.2, -0.15) is 0 Å². The van der Waals surface area contributed by atoms with E-state index >= 15 is 0 Å². The summed E-state index contributed by atoms with van der Waals surface area (Å²) in [6.45, 7) is 2.28. The molecule has 0 aliphatic rings. The lowest BCUT2D eigenvalue weighted by Crippen LogP contribution is -2.56. The number of aryl methyl sites for hydroxylation is 1. The number of esters is 1. The van der Waals surface area contributed by atoms with E-state index in [9.17, 15) is 23.4 Å². The van der Waals surface area contributed by atoms with Crippen molar-refractivity contribution in [1.29, 1.82) is 0 Å². The molecule has 0 amide bonds. The minimum Gasteiger partial charge on any atom is -0.467 e. The highest BCUT2D eigenvalue weighted by molar-refractivity contribution is 7.89. The van der Waals surface area contributed by atoms with E-state index in [-0.39, 0.29) is 4.90 Å². The maximum Gasteiger partial charge on any atom is 0.342 e. The molecule has 2 atom stereocenters. The lowest BCUT2D eigenvalue weighted by Gasteiger charge is -2.28. The van der Waals surface area contributed by atoms with Crippen LogP contribution in [0.2, 0.25) is 0 Å². The van der Waals surface area contributed by atoms with Gasteiger partial charge in [0.25, 0.3) is 0 Å². The molecule has 0 unspecified atom stereocenters. The van der Waals surface area contributed by atoms with Crippen molar-refractivity contribution in [1.82, 2.24) is 4.72 Å². The maximum absolute atomic E-state index is 12.1. The number of benzene rings is 1. The number of aliphatic hydroxyl groups excluding tert-OH is 1. The third-order valence-corrected chi connectivity index (χ3v) is 4.51. The van der Waals surface area contributed by atoms with Crippen LogP contribution in [-0.4, -0.2) is 50.0 Å². The van der Waals surface area contributed by atoms with Crippen LogP contribution in [0.4, 0.5) is 0 Å². The zero-order valence-corrected chi connectivity index (χ0v) is 12.8. The predicted molar refractivity (Wildman–Crippen MR) is 75.0 cm³/mol. The lowest BCUT2D eigenvalue weighted by atomic mass is 9.98. The molecule has 0 aliphatic heterocycles. The van der Waals surface area contributed by atoms with Gasteiger partial charge in [-0.1, -0.05) is 17.7 Å². The summed E-state index contributed by atoms with van der Waals surface area (Å²) in [5, 5.41) is 19.6. The van der Waals surface area contributed by atoms with Gasteiger partial charge in [-0.25, -0.2) is 17.9 Å². The zero-order valence-electron chi connectivity index (χ0n) is 12.0. The quantitative estimate of drug-likeness (QED) is 0.613. The molecule has 0 bridgehead atoms. The number of rotatable bonds is 6. The van der Waals surface area contributed by atoms with E-state index in [2.05, 4.69) is 9.46 Å². The van der Waals surface area contributed by atoms with Crippen molar-refractivity contribution in [3.8, 4) is 0 Å². The second-order valence-corrected chi connectivity index (χ2v) is 6.50. The number of nitrogens with one attached hydrogen (secondary N) is 1. The summed E-state index contributed by atoms with van der Waals surface area (Å²) >= 11 is 0. The summed E-state index contributed by atoms with van der Waals surface area (Å²) in [5.41, 5.74) is -1.46. The Labute approximate surface area is 123 Å². The van der Waals surface area contributed by atoms with Gasteiger partial charge in [0.2, 0.25) is 15.6 Å². The van der Waals surface area contributed by atoms with Gasteiger partial charge >= 0.3 is 5.97 Å². The van der Waals surface area contributed by atoms with Crippen LogP contribution in [0.1, 0.15) is 12.5 Å². The summed E-state index contributed by atoms with van der Waals surface area (Å²) < 4.78 is 30.6. The molecule has 0 saturated carbocycles. The van der Waals surface area contributed by atoms with Gasteiger partial charge in [0.1, 0.15) is 0 Å². The summed E-state index contributed by atoms with van der Waals surface area (Å²) in [6, 6.07) is 6.04. The van der Waals surface area contributed by atoms with E-state index in [4.69, 9.17) is 0 Å². The molecule has 0 fully saturated rings. The van der Waals surface area contributed by atoms with Crippen molar-refractivity contribution in [3.05, 3.63) is 29.8 Å². The van der Waals surface area contributed by atoms with Crippen molar-refractivity contribution in [3.63, 3.8) is 0 Å². The highest BCUT2D eigenvalue weighted by Crippen LogP contribution is 2.15. The first kappa shape index (κ1) is 17.6. The van der Waals surface area contributed by atoms with Gasteiger partial charge in [-0.15, -0.1) is 0 Å². The van der Waals surface area contributed by atoms with Crippen LogP contribution in [-0.2, 0) is 19.6 Å². The molecule has 0 radical (unpaired) electrons. The number of hydrogen-bond acceptors (Lipinski definition) is 6. The summed E-state index contributed by atoms with van der Waals surface area (Å²) in [7, 11) is -2.88. The van der Waals surface area contributed by atoms with E-state index in [0.717, 1.165) is 19.6 Å². The molecular formula is C13H19NO6S. The Balaban J connectivity index is 2.94. The van der Waals surface area contributed by atoms with Gasteiger partial charge in [0.05, 0.1) is 24.7 Å². The van der Waals surface area contributed by atoms with Crippen LogP contribution in [0.25, 0.3) is 0 Å². The number of aliphatic hydroxyl groups is 2. The Morgan fingerprint density at radius 2 is 1.90 bits per heavy atom. The SMILES string of the molecule is COC(=O)[C@@](O)(CNS(=O)(=O)c1ccc(C)cc1)[C@H](C)O. The summed E-state index contributed by atoms with van der Waals surface area (Å²) in [4.78, 5) is 11.5. The molecule has 21 heavy (non-hydrogen) atoms. The van der Waals surface area contributed by atoms with Crippen LogP contribution in [0.15, 0.2) is 29.2 Å². The molecule has 0 saturated heterocycles. The average molecular weight is 317 g/mol. The maximum atomic E-state index is 12.1. The normalized spacial score (nSPS) is 16.0. The molecule has 3 N–H and O–H groups in total. The van der Waals surface area contributed by atoms with Crippen molar-refractivity contribution >= 4 is 16.0 Å². The fourth-order valence-corrected chi connectivity index (χ4v) is 2.64. The number of hydrogen-bond donors (Lipinski definition) is 3. The number of carbonyl (C=O) groups is 1. The van der Waals surface area contributed by atoms with Crippen molar-refractivity contribution in [2.24, 2.45) is 0 Å². The van der Waals surface area contributed by atoms with Crippen LogP contribution in [0, 0.1) is 6.92 Å². The molecular weight excluding hydrogens is 298 g/mol. The van der Waals surface area contributed by atoms with E-state index < -0.39 is 34.2 Å². The fraction of sp³-hybridized carbons (Fsp3) is 0.462. The third kappa shape index (κ3) is 4.01. The largest absolute Gasteiger partial charge is 0.467 e. The molecule has 8 heteroatoms. The predicted octanol–water partition coefficient (Wildman–Crippen LogP) is -0.442. The Kier molecular flexibility index (Phi) is 5.46.